The molecule has 0 aromatic carbocycles. The zero-order valence-electron chi connectivity index (χ0n) is 7.78. The van der Waals surface area contributed by atoms with Crippen molar-refractivity contribution in [2.24, 2.45) is 5.73 Å². The molecule has 1 aromatic rings. The molecule has 3 N–H and O–H groups in total. The Kier molecular flexibility index (Phi) is 5.40. The maximum absolute atomic E-state index is 9.18. The first kappa shape index (κ1) is 11.9. The SMILES string of the molecule is NCC(O)CCSCc1ccc(Cl)o1. The van der Waals surface area contributed by atoms with E-state index in [1.165, 1.54) is 0 Å². The monoisotopic (exact) mass is 235 g/mol. The molecule has 0 aliphatic heterocycles. The maximum atomic E-state index is 9.18. The third-order valence-electron chi connectivity index (χ3n) is 1.74. The van der Waals surface area contributed by atoms with Crippen molar-refractivity contribution in [3.05, 3.63) is 23.1 Å². The van der Waals surface area contributed by atoms with Crippen molar-refractivity contribution in [2.45, 2.75) is 18.3 Å². The van der Waals surface area contributed by atoms with Gasteiger partial charge in [-0.25, -0.2) is 0 Å². The van der Waals surface area contributed by atoms with E-state index < -0.39 is 0 Å². The summed E-state index contributed by atoms with van der Waals surface area (Å²) in [5, 5.41) is 9.60. The van der Waals surface area contributed by atoms with Gasteiger partial charge in [0.2, 0.25) is 0 Å². The average Bonchev–Trinajstić information content (AvgIpc) is 2.58. The van der Waals surface area contributed by atoms with Crippen LogP contribution in [0, 0.1) is 0 Å². The van der Waals surface area contributed by atoms with Crippen LogP contribution in [0.3, 0.4) is 0 Å². The van der Waals surface area contributed by atoms with Crippen LogP contribution >= 0.6 is 23.4 Å². The number of aliphatic hydroxyl groups is 1. The van der Waals surface area contributed by atoms with Gasteiger partial charge in [0.15, 0.2) is 5.22 Å². The topological polar surface area (TPSA) is 59.4 Å². The normalized spacial score (nSPS) is 13.1. The van der Waals surface area contributed by atoms with Crippen molar-refractivity contribution in [3.8, 4) is 0 Å². The third kappa shape index (κ3) is 4.37. The van der Waals surface area contributed by atoms with Crippen LogP contribution in [0.5, 0.6) is 0 Å². The van der Waals surface area contributed by atoms with Crippen LogP contribution in [-0.2, 0) is 5.75 Å². The summed E-state index contributed by atoms with van der Waals surface area (Å²) in [4.78, 5) is 0. The molecule has 0 aliphatic carbocycles. The fourth-order valence-electron chi connectivity index (χ4n) is 0.939. The predicted molar refractivity (Wildman–Crippen MR) is 59.6 cm³/mol. The van der Waals surface area contributed by atoms with E-state index >= 15 is 0 Å². The predicted octanol–water partition coefficient (Wildman–Crippen LogP) is 1.88. The van der Waals surface area contributed by atoms with Gasteiger partial charge >= 0.3 is 0 Å². The Labute approximate surface area is 92.6 Å². The van der Waals surface area contributed by atoms with E-state index in [0.29, 0.717) is 11.8 Å². The lowest BCUT2D eigenvalue weighted by Gasteiger charge is -2.05. The number of halogens is 1. The van der Waals surface area contributed by atoms with Crippen LogP contribution in [0.4, 0.5) is 0 Å². The zero-order chi connectivity index (χ0) is 10.4. The number of furan rings is 1. The lowest BCUT2D eigenvalue weighted by atomic mass is 10.3. The van der Waals surface area contributed by atoms with Crippen molar-refractivity contribution in [3.63, 3.8) is 0 Å². The summed E-state index contributed by atoms with van der Waals surface area (Å²) in [6, 6.07) is 3.58. The zero-order valence-corrected chi connectivity index (χ0v) is 9.35. The van der Waals surface area contributed by atoms with E-state index in [2.05, 4.69) is 0 Å². The summed E-state index contributed by atoms with van der Waals surface area (Å²) in [7, 11) is 0. The van der Waals surface area contributed by atoms with Crippen LogP contribution < -0.4 is 5.73 Å². The molecule has 1 rings (SSSR count). The number of aliphatic hydroxyl groups excluding tert-OH is 1. The highest BCUT2D eigenvalue weighted by Gasteiger charge is 2.02. The summed E-state index contributed by atoms with van der Waals surface area (Å²) in [5.74, 6) is 2.52. The minimum absolute atomic E-state index is 0.327. The van der Waals surface area contributed by atoms with Gasteiger partial charge in [0.25, 0.3) is 0 Å². The molecule has 1 atom stereocenters. The molecular formula is C9H14ClNO2S. The summed E-state index contributed by atoms with van der Waals surface area (Å²) in [6.07, 6.45) is 0.331. The molecule has 0 aliphatic rings. The van der Waals surface area contributed by atoms with Crippen molar-refractivity contribution in [1.82, 2.24) is 0 Å². The molecular weight excluding hydrogens is 222 g/mol. The molecule has 3 nitrogen and oxygen atoms in total. The first-order valence-electron chi connectivity index (χ1n) is 4.42. The smallest absolute Gasteiger partial charge is 0.193 e. The highest BCUT2D eigenvalue weighted by molar-refractivity contribution is 7.98. The highest BCUT2D eigenvalue weighted by Crippen LogP contribution is 2.19. The van der Waals surface area contributed by atoms with Crippen molar-refractivity contribution in [2.75, 3.05) is 12.3 Å². The van der Waals surface area contributed by atoms with E-state index in [1.54, 1.807) is 17.8 Å². The van der Waals surface area contributed by atoms with E-state index in [0.717, 1.165) is 23.7 Å². The Balaban J connectivity index is 2.10. The fraction of sp³-hybridized carbons (Fsp3) is 0.556. The van der Waals surface area contributed by atoms with E-state index in [-0.39, 0.29) is 6.10 Å². The molecule has 0 bridgehead atoms. The summed E-state index contributed by atoms with van der Waals surface area (Å²) in [5.41, 5.74) is 5.27. The number of hydrogen-bond acceptors (Lipinski definition) is 4. The molecule has 1 heterocycles. The second kappa shape index (κ2) is 6.35. The van der Waals surface area contributed by atoms with E-state index in [1.807, 2.05) is 6.07 Å². The molecule has 5 heteroatoms. The molecule has 0 spiro atoms. The fourth-order valence-corrected chi connectivity index (χ4v) is 2.04. The lowest BCUT2D eigenvalue weighted by molar-refractivity contribution is 0.180. The van der Waals surface area contributed by atoms with Gasteiger partial charge in [0, 0.05) is 6.54 Å². The molecule has 80 valence electrons. The Hall–Kier alpha value is -0.160. The Morgan fingerprint density at radius 2 is 2.36 bits per heavy atom. The van der Waals surface area contributed by atoms with Crippen LogP contribution in [0.15, 0.2) is 16.5 Å². The van der Waals surface area contributed by atoms with Crippen molar-refractivity contribution < 1.29 is 9.52 Å². The summed E-state index contributed by atoms with van der Waals surface area (Å²) < 4.78 is 5.17. The maximum Gasteiger partial charge on any atom is 0.193 e. The molecule has 1 aromatic heterocycles. The van der Waals surface area contributed by atoms with Gasteiger partial charge in [-0.1, -0.05) is 0 Å². The minimum atomic E-state index is -0.386. The number of hydrogen-bond donors (Lipinski definition) is 2. The average molecular weight is 236 g/mol. The first-order chi connectivity index (χ1) is 6.72. The van der Waals surface area contributed by atoms with Crippen LogP contribution in [0.1, 0.15) is 12.2 Å². The minimum Gasteiger partial charge on any atom is -0.449 e. The molecule has 0 fully saturated rings. The van der Waals surface area contributed by atoms with Gasteiger partial charge in [-0.05, 0) is 35.9 Å². The van der Waals surface area contributed by atoms with Crippen molar-refractivity contribution >= 4 is 23.4 Å². The molecule has 0 amide bonds. The van der Waals surface area contributed by atoms with Crippen LogP contribution in [0.2, 0.25) is 5.22 Å². The van der Waals surface area contributed by atoms with E-state index in [9.17, 15) is 5.11 Å². The van der Waals surface area contributed by atoms with Crippen LogP contribution in [0.25, 0.3) is 0 Å². The largest absolute Gasteiger partial charge is 0.449 e. The summed E-state index contributed by atoms with van der Waals surface area (Å²) in [6.45, 7) is 0.327. The molecule has 1 unspecified atom stereocenters. The second-order valence-corrected chi connectivity index (χ2v) is 4.41. The molecule has 0 saturated heterocycles. The van der Waals surface area contributed by atoms with E-state index in [4.69, 9.17) is 21.8 Å². The molecule has 0 radical (unpaired) electrons. The lowest BCUT2D eigenvalue weighted by Crippen LogP contribution is -2.20. The van der Waals surface area contributed by atoms with Gasteiger partial charge in [-0.15, -0.1) is 0 Å². The van der Waals surface area contributed by atoms with Gasteiger partial charge in [-0.2, -0.15) is 11.8 Å². The number of rotatable bonds is 6. The number of nitrogens with two attached hydrogens (primary N) is 1. The molecule has 14 heavy (non-hydrogen) atoms. The standard InChI is InChI=1S/C9H14ClNO2S/c10-9-2-1-8(13-9)6-14-4-3-7(12)5-11/h1-2,7,12H,3-6,11H2. The Morgan fingerprint density at radius 1 is 1.57 bits per heavy atom. The van der Waals surface area contributed by atoms with Gasteiger partial charge in [0.05, 0.1) is 11.9 Å². The quantitative estimate of drug-likeness (QED) is 0.740. The van der Waals surface area contributed by atoms with Gasteiger partial charge in [0.1, 0.15) is 5.76 Å². The highest BCUT2D eigenvalue weighted by atomic mass is 35.5. The first-order valence-corrected chi connectivity index (χ1v) is 5.95. The van der Waals surface area contributed by atoms with Gasteiger partial charge in [-0.3, -0.25) is 0 Å². The third-order valence-corrected chi connectivity index (χ3v) is 2.96. The van der Waals surface area contributed by atoms with Gasteiger partial charge < -0.3 is 15.3 Å². The van der Waals surface area contributed by atoms with Crippen LogP contribution in [-0.4, -0.2) is 23.5 Å². The molecule has 0 saturated carbocycles. The second-order valence-electron chi connectivity index (χ2n) is 2.94. The summed E-state index contributed by atoms with van der Waals surface area (Å²) >= 11 is 7.31. The number of thioether (sulfide) groups is 1. The van der Waals surface area contributed by atoms with Crippen molar-refractivity contribution in [1.29, 1.82) is 0 Å². The Morgan fingerprint density at radius 3 is 2.93 bits per heavy atom. The Bertz CT molecular complexity index is 267.